The second-order valence-electron chi connectivity index (χ2n) is 5.11. The number of carboxylic acid groups (broad SMARTS) is 1. The van der Waals surface area contributed by atoms with Crippen molar-refractivity contribution in [3.8, 4) is 5.75 Å². The summed E-state index contributed by atoms with van der Waals surface area (Å²) in [4.78, 5) is 11.5. The van der Waals surface area contributed by atoms with E-state index in [-0.39, 0.29) is 5.92 Å². The quantitative estimate of drug-likeness (QED) is 0.842. The Hall–Kier alpha value is -1.71. The number of hydrogen-bond acceptors (Lipinski definition) is 3. The van der Waals surface area contributed by atoms with Gasteiger partial charge >= 0.3 is 5.97 Å². The summed E-state index contributed by atoms with van der Waals surface area (Å²) in [6.07, 6.45) is 1.92. The van der Waals surface area contributed by atoms with Gasteiger partial charge < -0.3 is 15.2 Å². The van der Waals surface area contributed by atoms with Crippen LogP contribution in [0.3, 0.4) is 0 Å². The molecule has 1 aromatic rings. The topological polar surface area (TPSA) is 58.6 Å². The van der Waals surface area contributed by atoms with Crippen LogP contribution in [0.25, 0.3) is 0 Å². The van der Waals surface area contributed by atoms with Gasteiger partial charge in [0, 0.05) is 0 Å². The van der Waals surface area contributed by atoms with E-state index in [9.17, 15) is 9.90 Å². The number of hydrogen-bond donors (Lipinski definition) is 2. The van der Waals surface area contributed by atoms with Crippen LogP contribution in [0.15, 0.2) is 18.2 Å². The van der Waals surface area contributed by atoms with Crippen molar-refractivity contribution in [3.05, 3.63) is 23.8 Å². The third kappa shape index (κ3) is 2.28. The molecule has 2 rings (SSSR count). The van der Waals surface area contributed by atoms with Crippen molar-refractivity contribution < 1.29 is 14.6 Å². The molecule has 0 bridgehead atoms. The molecule has 18 heavy (non-hydrogen) atoms. The lowest BCUT2D eigenvalue weighted by atomic mass is 9.95. The molecule has 1 aliphatic rings. The summed E-state index contributed by atoms with van der Waals surface area (Å²) in [6, 6.07) is 5.72. The van der Waals surface area contributed by atoms with E-state index in [1.54, 1.807) is 14.0 Å². The van der Waals surface area contributed by atoms with Gasteiger partial charge in [-0.25, -0.2) is 4.79 Å². The minimum absolute atomic E-state index is 0.195. The molecule has 0 saturated heterocycles. The fraction of sp³-hybridized carbons (Fsp3) is 0.500. The first kappa shape index (κ1) is 12.7. The Morgan fingerprint density at radius 1 is 1.50 bits per heavy atom. The standard InChI is InChI=1S/C14H19NO3/c1-9-4-7-12(18-3)11(8-9)15-14(2,13(16)17)10-5-6-10/h4,7-8,10,15H,5-6H2,1-3H3,(H,16,17). The van der Waals surface area contributed by atoms with Gasteiger partial charge in [0.25, 0.3) is 0 Å². The van der Waals surface area contributed by atoms with E-state index in [4.69, 9.17) is 4.74 Å². The SMILES string of the molecule is COc1ccc(C)cc1NC(C)(C(=O)O)C1CC1. The third-order valence-electron chi connectivity index (χ3n) is 3.59. The molecule has 4 nitrogen and oxygen atoms in total. The van der Waals surface area contributed by atoms with E-state index in [0.29, 0.717) is 5.75 Å². The summed E-state index contributed by atoms with van der Waals surface area (Å²) in [5.74, 6) is 0.0579. The zero-order valence-corrected chi connectivity index (χ0v) is 11.0. The van der Waals surface area contributed by atoms with Crippen LogP contribution >= 0.6 is 0 Å². The summed E-state index contributed by atoms with van der Waals surface area (Å²) < 4.78 is 5.27. The van der Waals surface area contributed by atoms with Crippen LogP contribution in [0, 0.1) is 12.8 Å². The summed E-state index contributed by atoms with van der Waals surface area (Å²) in [6.45, 7) is 3.72. The Balaban J connectivity index is 2.31. The average Bonchev–Trinajstić information content (AvgIpc) is 3.13. The smallest absolute Gasteiger partial charge is 0.329 e. The second kappa shape index (κ2) is 4.52. The van der Waals surface area contributed by atoms with E-state index in [0.717, 1.165) is 24.1 Å². The molecule has 0 radical (unpaired) electrons. The van der Waals surface area contributed by atoms with E-state index >= 15 is 0 Å². The lowest BCUT2D eigenvalue weighted by molar-refractivity contribution is -0.142. The van der Waals surface area contributed by atoms with E-state index in [2.05, 4.69) is 5.32 Å². The second-order valence-corrected chi connectivity index (χ2v) is 5.11. The van der Waals surface area contributed by atoms with Gasteiger partial charge in [0.05, 0.1) is 12.8 Å². The molecule has 0 heterocycles. The first-order chi connectivity index (χ1) is 8.47. The molecule has 4 heteroatoms. The number of aryl methyl sites for hydroxylation is 1. The van der Waals surface area contributed by atoms with Gasteiger partial charge in [0.15, 0.2) is 0 Å². The van der Waals surface area contributed by atoms with Gasteiger partial charge in [-0.15, -0.1) is 0 Å². The molecular formula is C14H19NO3. The predicted octanol–water partition coefficient (Wildman–Crippen LogP) is 2.67. The highest BCUT2D eigenvalue weighted by Gasteiger charge is 2.47. The zero-order valence-electron chi connectivity index (χ0n) is 11.0. The Morgan fingerprint density at radius 3 is 2.67 bits per heavy atom. The number of anilines is 1. The van der Waals surface area contributed by atoms with Gasteiger partial charge in [-0.1, -0.05) is 6.07 Å². The lowest BCUT2D eigenvalue weighted by Crippen LogP contribution is -2.45. The number of nitrogens with one attached hydrogen (secondary N) is 1. The first-order valence-electron chi connectivity index (χ1n) is 6.13. The monoisotopic (exact) mass is 249 g/mol. The molecule has 1 saturated carbocycles. The molecular weight excluding hydrogens is 230 g/mol. The van der Waals surface area contributed by atoms with Crippen LogP contribution in [-0.4, -0.2) is 23.7 Å². The summed E-state index contributed by atoms with van der Waals surface area (Å²) in [5.41, 5.74) is 0.900. The maximum atomic E-state index is 11.5. The number of carbonyl (C=O) groups is 1. The summed E-state index contributed by atoms with van der Waals surface area (Å²) in [5, 5.41) is 12.6. The van der Waals surface area contributed by atoms with Crippen LogP contribution in [0.4, 0.5) is 5.69 Å². The van der Waals surface area contributed by atoms with Crippen molar-refractivity contribution in [3.63, 3.8) is 0 Å². The van der Waals surface area contributed by atoms with Crippen LogP contribution in [0.5, 0.6) is 5.75 Å². The van der Waals surface area contributed by atoms with Crippen molar-refractivity contribution >= 4 is 11.7 Å². The van der Waals surface area contributed by atoms with Crippen molar-refractivity contribution in [1.82, 2.24) is 0 Å². The van der Waals surface area contributed by atoms with Crippen LogP contribution in [0.1, 0.15) is 25.3 Å². The Kier molecular flexibility index (Phi) is 3.20. The normalized spacial score (nSPS) is 17.9. The Bertz CT molecular complexity index is 468. The molecule has 1 atom stereocenters. The van der Waals surface area contributed by atoms with Gasteiger partial charge in [0.1, 0.15) is 11.3 Å². The highest BCUT2D eigenvalue weighted by Crippen LogP contribution is 2.43. The molecule has 98 valence electrons. The highest BCUT2D eigenvalue weighted by atomic mass is 16.5. The molecule has 2 N–H and O–H groups in total. The number of benzene rings is 1. The molecule has 0 aromatic heterocycles. The minimum Gasteiger partial charge on any atom is -0.495 e. The minimum atomic E-state index is -0.916. The fourth-order valence-corrected chi connectivity index (χ4v) is 2.19. The maximum Gasteiger partial charge on any atom is 0.329 e. The zero-order chi connectivity index (χ0) is 13.3. The van der Waals surface area contributed by atoms with Gasteiger partial charge in [-0.2, -0.15) is 0 Å². The predicted molar refractivity (Wildman–Crippen MR) is 70.1 cm³/mol. The first-order valence-corrected chi connectivity index (χ1v) is 6.13. The van der Waals surface area contributed by atoms with E-state index < -0.39 is 11.5 Å². The Morgan fingerprint density at radius 2 is 2.17 bits per heavy atom. The van der Waals surface area contributed by atoms with Gasteiger partial charge in [0.2, 0.25) is 0 Å². The largest absolute Gasteiger partial charge is 0.495 e. The van der Waals surface area contributed by atoms with Gasteiger partial charge in [-0.3, -0.25) is 0 Å². The number of methoxy groups -OCH3 is 1. The summed E-state index contributed by atoms with van der Waals surface area (Å²) >= 11 is 0. The van der Waals surface area contributed by atoms with Crippen molar-refractivity contribution in [1.29, 1.82) is 0 Å². The van der Waals surface area contributed by atoms with E-state index in [1.807, 2.05) is 25.1 Å². The van der Waals surface area contributed by atoms with Crippen molar-refractivity contribution in [2.75, 3.05) is 12.4 Å². The summed E-state index contributed by atoms with van der Waals surface area (Å²) in [7, 11) is 1.59. The van der Waals surface area contributed by atoms with Crippen molar-refractivity contribution in [2.24, 2.45) is 5.92 Å². The fourth-order valence-electron chi connectivity index (χ4n) is 2.19. The third-order valence-corrected chi connectivity index (χ3v) is 3.59. The Labute approximate surface area is 107 Å². The molecule has 0 aliphatic heterocycles. The number of carboxylic acids is 1. The molecule has 0 amide bonds. The maximum absolute atomic E-state index is 11.5. The molecule has 0 spiro atoms. The molecule has 1 unspecified atom stereocenters. The molecule has 1 aliphatic carbocycles. The van der Waals surface area contributed by atoms with E-state index in [1.165, 1.54) is 0 Å². The number of rotatable bonds is 5. The molecule has 1 aromatic carbocycles. The number of aliphatic carboxylic acids is 1. The van der Waals surface area contributed by atoms with Crippen LogP contribution in [-0.2, 0) is 4.79 Å². The molecule has 1 fully saturated rings. The number of ether oxygens (including phenoxy) is 1. The highest BCUT2D eigenvalue weighted by molar-refractivity contribution is 5.84. The van der Waals surface area contributed by atoms with Crippen LogP contribution in [0.2, 0.25) is 0 Å². The lowest BCUT2D eigenvalue weighted by Gasteiger charge is -2.28. The average molecular weight is 249 g/mol. The van der Waals surface area contributed by atoms with Crippen LogP contribution < -0.4 is 10.1 Å². The van der Waals surface area contributed by atoms with Gasteiger partial charge in [-0.05, 0) is 50.3 Å². The van der Waals surface area contributed by atoms with Crippen molar-refractivity contribution in [2.45, 2.75) is 32.2 Å².